The molecule has 1 aliphatic carbocycles. The van der Waals surface area contributed by atoms with Gasteiger partial charge < -0.3 is 5.73 Å². The lowest BCUT2D eigenvalue weighted by Crippen LogP contribution is -2.38. The van der Waals surface area contributed by atoms with Gasteiger partial charge in [0.1, 0.15) is 0 Å². The van der Waals surface area contributed by atoms with Crippen LogP contribution in [0.5, 0.6) is 0 Å². The van der Waals surface area contributed by atoms with Crippen LogP contribution in [0, 0.1) is 11.3 Å². The highest BCUT2D eigenvalue weighted by Crippen LogP contribution is 2.39. The highest BCUT2D eigenvalue weighted by molar-refractivity contribution is 4.88. The van der Waals surface area contributed by atoms with Crippen LogP contribution in [0.25, 0.3) is 0 Å². The average Bonchev–Trinajstić information content (AvgIpc) is 2.27. The fourth-order valence-corrected chi connectivity index (χ4v) is 2.65. The highest BCUT2D eigenvalue weighted by Gasteiger charge is 2.32. The maximum Gasteiger partial charge on any atom is 0.0151 e. The van der Waals surface area contributed by atoms with E-state index in [0.717, 1.165) is 12.3 Å². The first kappa shape index (κ1) is 12.0. The fraction of sp³-hybridized carbons (Fsp3) is 1.00. The smallest absolute Gasteiger partial charge is 0.0151 e. The summed E-state index contributed by atoms with van der Waals surface area (Å²) >= 11 is 0. The molecule has 2 N–H and O–H groups in total. The minimum Gasteiger partial charge on any atom is -0.325 e. The largest absolute Gasteiger partial charge is 0.325 e. The molecule has 1 heteroatoms. The third-order valence-corrected chi connectivity index (χ3v) is 4.15. The lowest BCUT2D eigenvalue weighted by atomic mass is 9.76. The van der Waals surface area contributed by atoms with Crippen LogP contribution in [-0.2, 0) is 0 Å². The third kappa shape index (κ3) is 2.98. The van der Waals surface area contributed by atoms with Crippen molar-refractivity contribution >= 4 is 0 Å². The van der Waals surface area contributed by atoms with E-state index in [9.17, 15) is 0 Å². The fourth-order valence-electron chi connectivity index (χ4n) is 2.65. The summed E-state index contributed by atoms with van der Waals surface area (Å²) in [6.45, 7) is 9.34. The summed E-state index contributed by atoms with van der Waals surface area (Å²) in [4.78, 5) is 0. The molecule has 0 saturated heterocycles. The zero-order chi connectivity index (χ0) is 10.8. The van der Waals surface area contributed by atoms with Gasteiger partial charge in [0.15, 0.2) is 0 Å². The first-order chi connectivity index (χ1) is 6.37. The van der Waals surface area contributed by atoms with E-state index in [-0.39, 0.29) is 5.54 Å². The van der Waals surface area contributed by atoms with Crippen molar-refractivity contribution in [1.29, 1.82) is 0 Å². The second-order valence-corrected chi connectivity index (χ2v) is 6.21. The van der Waals surface area contributed by atoms with Gasteiger partial charge in [-0.2, -0.15) is 0 Å². The molecule has 0 radical (unpaired) electrons. The van der Waals surface area contributed by atoms with E-state index in [1.165, 1.54) is 32.1 Å². The standard InChI is InChI=1S/C13H27N/c1-5-13(14)9-6-7-11(8-10-13)12(2,3)4/h11H,5-10,14H2,1-4H3. The van der Waals surface area contributed by atoms with E-state index >= 15 is 0 Å². The number of hydrogen-bond acceptors (Lipinski definition) is 1. The molecule has 0 aromatic carbocycles. The lowest BCUT2D eigenvalue weighted by molar-refractivity contribution is 0.210. The maximum atomic E-state index is 6.36. The molecule has 1 saturated carbocycles. The Bertz CT molecular complexity index is 180. The van der Waals surface area contributed by atoms with Crippen molar-refractivity contribution in [2.24, 2.45) is 17.1 Å². The average molecular weight is 197 g/mol. The summed E-state index contributed by atoms with van der Waals surface area (Å²) in [6, 6.07) is 0. The van der Waals surface area contributed by atoms with Gasteiger partial charge in [0.25, 0.3) is 0 Å². The summed E-state index contributed by atoms with van der Waals surface area (Å²) in [5, 5.41) is 0. The molecule has 2 atom stereocenters. The van der Waals surface area contributed by atoms with Crippen molar-refractivity contribution in [2.75, 3.05) is 0 Å². The maximum absolute atomic E-state index is 6.36. The molecule has 0 heterocycles. The molecular formula is C13H27N. The second-order valence-electron chi connectivity index (χ2n) is 6.21. The first-order valence-electron chi connectivity index (χ1n) is 6.16. The molecule has 0 aromatic rings. The van der Waals surface area contributed by atoms with Crippen molar-refractivity contribution in [3.05, 3.63) is 0 Å². The van der Waals surface area contributed by atoms with Gasteiger partial charge in [-0.25, -0.2) is 0 Å². The minimum absolute atomic E-state index is 0.153. The Morgan fingerprint density at radius 3 is 2.36 bits per heavy atom. The SMILES string of the molecule is CCC1(N)CCCC(C(C)(C)C)CC1. The molecule has 1 nitrogen and oxygen atoms in total. The highest BCUT2D eigenvalue weighted by atomic mass is 14.7. The van der Waals surface area contributed by atoms with E-state index in [4.69, 9.17) is 5.73 Å². The molecule has 0 aliphatic heterocycles. The molecule has 0 aromatic heterocycles. The van der Waals surface area contributed by atoms with E-state index < -0.39 is 0 Å². The van der Waals surface area contributed by atoms with Gasteiger partial charge in [-0.1, -0.05) is 34.1 Å². The predicted molar refractivity (Wildman–Crippen MR) is 63.2 cm³/mol. The Kier molecular flexibility index (Phi) is 3.63. The van der Waals surface area contributed by atoms with E-state index in [0.29, 0.717) is 5.41 Å². The van der Waals surface area contributed by atoms with Crippen LogP contribution >= 0.6 is 0 Å². The number of rotatable bonds is 1. The van der Waals surface area contributed by atoms with Gasteiger partial charge in [0, 0.05) is 5.54 Å². The van der Waals surface area contributed by atoms with Crippen molar-refractivity contribution < 1.29 is 0 Å². The molecule has 1 fully saturated rings. The lowest BCUT2D eigenvalue weighted by Gasteiger charge is -2.31. The van der Waals surface area contributed by atoms with Crippen LogP contribution in [0.2, 0.25) is 0 Å². The molecule has 2 unspecified atom stereocenters. The van der Waals surface area contributed by atoms with E-state index in [2.05, 4.69) is 27.7 Å². The van der Waals surface area contributed by atoms with Crippen molar-refractivity contribution in [1.82, 2.24) is 0 Å². The quantitative estimate of drug-likeness (QED) is 0.637. The second kappa shape index (κ2) is 4.22. The summed E-state index contributed by atoms with van der Waals surface area (Å²) in [5.41, 5.74) is 6.99. The Balaban J connectivity index is 2.57. The van der Waals surface area contributed by atoms with Crippen LogP contribution in [0.15, 0.2) is 0 Å². The van der Waals surface area contributed by atoms with Crippen molar-refractivity contribution in [3.8, 4) is 0 Å². The molecule has 1 aliphatic rings. The molecule has 0 amide bonds. The summed E-state index contributed by atoms with van der Waals surface area (Å²) in [5.74, 6) is 0.875. The van der Waals surface area contributed by atoms with Crippen LogP contribution in [0.4, 0.5) is 0 Å². The van der Waals surface area contributed by atoms with Gasteiger partial charge in [0.05, 0.1) is 0 Å². The Hall–Kier alpha value is -0.0400. The number of nitrogens with two attached hydrogens (primary N) is 1. The van der Waals surface area contributed by atoms with Crippen LogP contribution in [-0.4, -0.2) is 5.54 Å². The van der Waals surface area contributed by atoms with Crippen molar-refractivity contribution in [2.45, 2.75) is 71.8 Å². The van der Waals surface area contributed by atoms with Gasteiger partial charge in [-0.15, -0.1) is 0 Å². The van der Waals surface area contributed by atoms with Gasteiger partial charge in [0.2, 0.25) is 0 Å². The first-order valence-corrected chi connectivity index (χ1v) is 6.16. The Morgan fingerprint density at radius 1 is 1.21 bits per heavy atom. The molecule has 84 valence electrons. The monoisotopic (exact) mass is 197 g/mol. The molecule has 0 spiro atoms. The minimum atomic E-state index is 0.153. The number of hydrogen-bond donors (Lipinski definition) is 1. The normalized spacial score (nSPS) is 35.4. The zero-order valence-corrected chi connectivity index (χ0v) is 10.4. The third-order valence-electron chi connectivity index (χ3n) is 4.15. The van der Waals surface area contributed by atoms with E-state index in [1.54, 1.807) is 0 Å². The van der Waals surface area contributed by atoms with Gasteiger partial charge in [-0.3, -0.25) is 0 Å². The summed E-state index contributed by atoms with van der Waals surface area (Å²) < 4.78 is 0. The van der Waals surface area contributed by atoms with E-state index in [1.807, 2.05) is 0 Å². The van der Waals surface area contributed by atoms with Crippen LogP contribution in [0.1, 0.15) is 66.2 Å². The molecule has 14 heavy (non-hydrogen) atoms. The van der Waals surface area contributed by atoms with Crippen LogP contribution in [0.3, 0.4) is 0 Å². The van der Waals surface area contributed by atoms with Crippen LogP contribution < -0.4 is 5.73 Å². The Morgan fingerprint density at radius 2 is 1.86 bits per heavy atom. The molecule has 1 rings (SSSR count). The van der Waals surface area contributed by atoms with Gasteiger partial charge in [-0.05, 0) is 43.4 Å². The zero-order valence-electron chi connectivity index (χ0n) is 10.4. The Labute approximate surface area is 89.5 Å². The molecule has 0 bridgehead atoms. The molecular weight excluding hydrogens is 170 g/mol. The topological polar surface area (TPSA) is 26.0 Å². The predicted octanol–water partition coefficient (Wildman–Crippen LogP) is 3.72. The summed E-state index contributed by atoms with van der Waals surface area (Å²) in [7, 11) is 0. The van der Waals surface area contributed by atoms with Crippen molar-refractivity contribution in [3.63, 3.8) is 0 Å². The summed E-state index contributed by atoms with van der Waals surface area (Å²) in [6.07, 6.45) is 7.63. The van der Waals surface area contributed by atoms with Gasteiger partial charge >= 0.3 is 0 Å².